The fraction of sp³-hybridized carbons (Fsp3) is 0.654. The molecule has 0 radical (unpaired) electrons. The zero-order valence-corrected chi connectivity index (χ0v) is 22.8. The number of amides is 2. The van der Waals surface area contributed by atoms with Crippen molar-refractivity contribution in [1.29, 1.82) is 0 Å². The van der Waals surface area contributed by atoms with Crippen LogP contribution in [0.1, 0.15) is 48.5 Å². The molecule has 0 saturated carbocycles. The summed E-state index contributed by atoms with van der Waals surface area (Å²) >= 11 is 0. The maximum atomic E-state index is 12.7. The van der Waals surface area contributed by atoms with E-state index in [9.17, 15) is 14.4 Å². The van der Waals surface area contributed by atoms with E-state index < -0.39 is 36.1 Å². The summed E-state index contributed by atoms with van der Waals surface area (Å²) in [5, 5.41) is 2.51. The minimum absolute atomic E-state index is 0.213. The van der Waals surface area contributed by atoms with Gasteiger partial charge >= 0.3 is 18.2 Å². The van der Waals surface area contributed by atoms with Crippen molar-refractivity contribution in [2.45, 2.75) is 72.5 Å². The van der Waals surface area contributed by atoms with Gasteiger partial charge in [-0.2, -0.15) is 0 Å². The Morgan fingerprint density at radius 2 is 1.73 bits per heavy atom. The highest BCUT2D eigenvalue weighted by atomic mass is 16.7. The molecule has 208 valence electrons. The molecule has 2 amide bonds. The first-order valence-corrected chi connectivity index (χ1v) is 12.5. The lowest BCUT2D eigenvalue weighted by atomic mass is 10.1. The Bertz CT molecular complexity index is 900. The Kier molecular flexibility index (Phi) is 11.3. The SMILES string of the molecule is CCOc1ccccc1OC[C@@H]1CN(C(=O)OC(C)OC(=O)[C@H](NC(=O)OC(C)(C)C)C(C)C)CCO1. The molecule has 11 nitrogen and oxygen atoms in total. The van der Waals surface area contributed by atoms with Crippen molar-refractivity contribution in [1.82, 2.24) is 10.2 Å². The van der Waals surface area contributed by atoms with E-state index in [1.54, 1.807) is 40.7 Å². The summed E-state index contributed by atoms with van der Waals surface area (Å²) in [7, 11) is 0. The van der Waals surface area contributed by atoms with Gasteiger partial charge in [0.2, 0.25) is 6.29 Å². The van der Waals surface area contributed by atoms with Crippen LogP contribution >= 0.6 is 0 Å². The van der Waals surface area contributed by atoms with Gasteiger partial charge in [0, 0.05) is 13.5 Å². The van der Waals surface area contributed by atoms with Crippen LogP contribution in [0.4, 0.5) is 9.59 Å². The molecule has 11 heteroatoms. The molecular weight excluding hydrogens is 484 g/mol. The van der Waals surface area contributed by atoms with Crippen molar-refractivity contribution >= 4 is 18.2 Å². The van der Waals surface area contributed by atoms with Crippen molar-refractivity contribution in [3.8, 4) is 11.5 Å². The Morgan fingerprint density at radius 1 is 1.08 bits per heavy atom. The zero-order valence-electron chi connectivity index (χ0n) is 22.8. The third-order valence-electron chi connectivity index (χ3n) is 5.11. The summed E-state index contributed by atoms with van der Waals surface area (Å²) in [5.74, 6) is 0.208. The highest BCUT2D eigenvalue weighted by Crippen LogP contribution is 2.26. The van der Waals surface area contributed by atoms with Crippen molar-refractivity contribution in [2.24, 2.45) is 5.92 Å². The number of nitrogens with one attached hydrogen (secondary N) is 1. The quantitative estimate of drug-likeness (QED) is 0.360. The largest absolute Gasteiger partial charge is 0.490 e. The van der Waals surface area contributed by atoms with E-state index in [1.807, 2.05) is 25.1 Å². The lowest BCUT2D eigenvalue weighted by Gasteiger charge is -2.33. The predicted molar refractivity (Wildman–Crippen MR) is 134 cm³/mol. The summed E-state index contributed by atoms with van der Waals surface area (Å²) in [6.07, 6.45) is -2.93. The van der Waals surface area contributed by atoms with E-state index in [2.05, 4.69) is 5.32 Å². The molecule has 1 aromatic carbocycles. The lowest BCUT2D eigenvalue weighted by Crippen LogP contribution is -2.50. The average Bonchev–Trinajstić information content (AvgIpc) is 2.81. The minimum atomic E-state index is -1.17. The van der Waals surface area contributed by atoms with Gasteiger partial charge in [0.1, 0.15) is 24.4 Å². The van der Waals surface area contributed by atoms with Gasteiger partial charge < -0.3 is 38.6 Å². The van der Waals surface area contributed by atoms with Crippen LogP contribution in [0, 0.1) is 5.92 Å². The Hall–Kier alpha value is -3.21. The van der Waals surface area contributed by atoms with E-state index in [0.29, 0.717) is 31.3 Å². The molecule has 1 N–H and O–H groups in total. The number of benzene rings is 1. The summed E-state index contributed by atoms with van der Waals surface area (Å²) in [6, 6.07) is 6.36. The standard InChI is InChI=1S/C26H40N2O9/c1-8-32-20-11-9-10-12-21(20)34-16-19-15-28(13-14-33-19)25(31)36-18(4)35-23(29)22(17(2)3)27-24(30)37-26(5,6)7/h9-12,17-19,22H,8,13-16H2,1-7H3,(H,27,30)/t18?,19-,22+/m0/s1. The molecule has 3 atom stereocenters. The summed E-state index contributed by atoms with van der Waals surface area (Å²) in [5.41, 5.74) is -0.716. The van der Waals surface area contributed by atoms with Crippen LogP contribution in [0.5, 0.6) is 11.5 Å². The second-order valence-corrected chi connectivity index (χ2v) is 9.89. The van der Waals surface area contributed by atoms with Crippen LogP contribution < -0.4 is 14.8 Å². The first-order chi connectivity index (χ1) is 17.4. The van der Waals surface area contributed by atoms with E-state index in [4.69, 9.17) is 28.4 Å². The molecule has 0 spiro atoms. The second-order valence-electron chi connectivity index (χ2n) is 9.89. The monoisotopic (exact) mass is 524 g/mol. The van der Waals surface area contributed by atoms with E-state index in [-0.39, 0.29) is 25.2 Å². The van der Waals surface area contributed by atoms with Crippen LogP contribution in [0.25, 0.3) is 0 Å². The summed E-state index contributed by atoms with van der Waals surface area (Å²) in [4.78, 5) is 38.9. The highest BCUT2D eigenvalue weighted by Gasteiger charge is 2.31. The predicted octanol–water partition coefficient (Wildman–Crippen LogP) is 3.74. The topological polar surface area (TPSA) is 122 Å². The molecule has 37 heavy (non-hydrogen) atoms. The highest BCUT2D eigenvalue weighted by molar-refractivity contribution is 5.82. The number of ether oxygens (including phenoxy) is 6. The molecule has 1 aliphatic heterocycles. The van der Waals surface area contributed by atoms with Gasteiger partial charge in [-0.25, -0.2) is 14.4 Å². The van der Waals surface area contributed by atoms with Gasteiger partial charge in [0.15, 0.2) is 11.5 Å². The third-order valence-corrected chi connectivity index (χ3v) is 5.11. The fourth-order valence-electron chi connectivity index (χ4n) is 3.42. The maximum absolute atomic E-state index is 12.7. The van der Waals surface area contributed by atoms with Crippen LogP contribution in [-0.2, 0) is 23.7 Å². The zero-order chi connectivity index (χ0) is 27.6. The molecule has 1 aromatic rings. The van der Waals surface area contributed by atoms with E-state index in [1.165, 1.54) is 11.8 Å². The molecule has 1 saturated heterocycles. The maximum Gasteiger partial charge on any atom is 0.413 e. The molecule has 1 aliphatic rings. The lowest BCUT2D eigenvalue weighted by molar-refractivity contribution is -0.170. The fourth-order valence-corrected chi connectivity index (χ4v) is 3.42. The number of morpholine rings is 1. The molecule has 0 aliphatic carbocycles. The molecule has 0 bridgehead atoms. The van der Waals surface area contributed by atoms with Crippen LogP contribution in [0.2, 0.25) is 0 Å². The van der Waals surface area contributed by atoms with E-state index in [0.717, 1.165) is 0 Å². The number of esters is 1. The molecule has 1 unspecified atom stereocenters. The number of hydrogen-bond donors (Lipinski definition) is 1. The molecule has 1 heterocycles. The van der Waals surface area contributed by atoms with Gasteiger partial charge in [0.05, 0.1) is 19.8 Å². The van der Waals surface area contributed by atoms with Crippen molar-refractivity contribution < 1.29 is 42.8 Å². The van der Waals surface area contributed by atoms with Crippen LogP contribution in [0.3, 0.4) is 0 Å². The van der Waals surface area contributed by atoms with E-state index >= 15 is 0 Å². The number of nitrogens with zero attached hydrogens (tertiary/aromatic N) is 1. The summed E-state index contributed by atoms with van der Waals surface area (Å²) in [6.45, 7) is 13.6. The Morgan fingerprint density at radius 3 is 2.32 bits per heavy atom. The summed E-state index contributed by atoms with van der Waals surface area (Å²) < 4.78 is 33.0. The first-order valence-electron chi connectivity index (χ1n) is 12.5. The molecule has 0 aromatic heterocycles. The number of carbonyl (C=O) groups excluding carboxylic acids is 3. The van der Waals surface area contributed by atoms with Crippen molar-refractivity contribution in [3.05, 3.63) is 24.3 Å². The number of alkyl carbamates (subject to hydrolysis) is 1. The average molecular weight is 525 g/mol. The Balaban J connectivity index is 1.85. The normalized spacial score (nSPS) is 17.4. The number of rotatable bonds is 10. The van der Waals surface area contributed by atoms with Gasteiger partial charge in [-0.05, 0) is 45.7 Å². The molecular formula is C26H40N2O9. The smallest absolute Gasteiger partial charge is 0.413 e. The van der Waals surface area contributed by atoms with Gasteiger partial charge in [-0.3, -0.25) is 0 Å². The van der Waals surface area contributed by atoms with Crippen LogP contribution in [0.15, 0.2) is 24.3 Å². The second kappa shape index (κ2) is 13.9. The Labute approximate surface area is 218 Å². The van der Waals surface area contributed by atoms with Crippen molar-refractivity contribution in [2.75, 3.05) is 32.9 Å². The number of carbonyl (C=O) groups is 3. The molecule has 1 fully saturated rings. The number of para-hydroxylation sites is 2. The first kappa shape index (κ1) is 30.0. The molecule has 2 rings (SSSR count). The van der Waals surface area contributed by atoms with Crippen LogP contribution in [-0.4, -0.2) is 80.0 Å². The van der Waals surface area contributed by atoms with Gasteiger partial charge in [-0.15, -0.1) is 0 Å². The third kappa shape index (κ3) is 10.4. The number of hydrogen-bond acceptors (Lipinski definition) is 9. The van der Waals surface area contributed by atoms with Crippen molar-refractivity contribution in [3.63, 3.8) is 0 Å². The van der Waals surface area contributed by atoms with Gasteiger partial charge in [0.25, 0.3) is 0 Å². The van der Waals surface area contributed by atoms with Gasteiger partial charge in [-0.1, -0.05) is 26.0 Å². The minimum Gasteiger partial charge on any atom is -0.490 e.